The molecule has 112 valence electrons. The first-order chi connectivity index (χ1) is 9.24. The number of nitrogens with zero attached hydrogens (tertiary/aromatic N) is 4. The Kier molecular flexibility index (Phi) is 5.29. The minimum absolute atomic E-state index is 0. The predicted molar refractivity (Wildman–Crippen MR) is 91.6 cm³/mol. The van der Waals surface area contributed by atoms with Crippen LogP contribution in [0.3, 0.4) is 0 Å². The van der Waals surface area contributed by atoms with E-state index in [0.717, 1.165) is 31.6 Å². The van der Waals surface area contributed by atoms with E-state index in [9.17, 15) is 0 Å². The summed E-state index contributed by atoms with van der Waals surface area (Å²) in [4.78, 5) is 11.2. The molecule has 0 bridgehead atoms. The maximum atomic E-state index is 5.97. The van der Waals surface area contributed by atoms with Gasteiger partial charge in [-0.2, -0.15) is 0 Å². The molecule has 0 saturated heterocycles. The van der Waals surface area contributed by atoms with Crippen LogP contribution in [0.25, 0.3) is 0 Å². The molecule has 1 saturated carbocycles. The lowest BCUT2D eigenvalue weighted by Gasteiger charge is -2.16. The van der Waals surface area contributed by atoms with Crippen molar-refractivity contribution in [3.63, 3.8) is 0 Å². The number of guanidine groups is 1. The normalized spacial score (nSPS) is 18.4. The molecule has 1 fully saturated rings. The van der Waals surface area contributed by atoms with Gasteiger partial charge in [-0.15, -0.1) is 24.0 Å². The SMILES string of the molecule is CN(C(N)=NCCc1cn2c(n1)CCCC2)C1CC1.I. The van der Waals surface area contributed by atoms with Crippen molar-refractivity contribution in [2.24, 2.45) is 10.7 Å². The van der Waals surface area contributed by atoms with Crippen LogP contribution in [0.15, 0.2) is 11.2 Å². The summed E-state index contributed by atoms with van der Waals surface area (Å²) in [6.07, 6.45) is 9.24. The monoisotopic (exact) mass is 389 g/mol. The van der Waals surface area contributed by atoms with Crippen molar-refractivity contribution in [3.8, 4) is 0 Å². The molecule has 1 aliphatic carbocycles. The van der Waals surface area contributed by atoms with Gasteiger partial charge >= 0.3 is 0 Å². The fraction of sp³-hybridized carbons (Fsp3) is 0.714. The molecule has 1 aromatic heterocycles. The Hall–Kier alpha value is -0.790. The first-order valence-corrected chi connectivity index (χ1v) is 7.32. The predicted octanol–water partition coefficient (Wildman–Crippen LogP) is 1.79. The Morgan fingerprint density at radius 1 is 1.50 bits per heavy atom. The third-order valence-corrected chi connectivity index (χ3v) is 4.06. The standard InChI is InChI=1S/C14H23N5.HI/c1-18(12-5-6-12)14(15)16-8-7-11-10-19-9-3-2-4-13(19)17-11;/h10,12H,2-9H2,1H3,(H2,15,16);1H. The fourth-order valence-electron chi connectivity index (χ4n) is 2.64. The topological polar surface area (TPSA) is 59.4 Å². The van der Waals surface area contributed by atoms with Gasteiger partial charge in [-0.25, -0.2) is 4.98 Å². The molecule has 6 heteroatoms. The van der Waals surface area contributed by atoms with Gasteiger partial charge in [0.25, 0.3) is 0 Å². The van der Waals surface area contributed by atoms with Crippen molar-refractivity contribution in [2.45, 2.75) is 51.1 Å². The average molecular weight is 389 g/mol. The van der Waals surface area contributed by atoms with Crippen LogP contribution in [0.1, 0.15) is 37.2 Å². The van der Waals surface area contributed by atoms with Gasteiger partial charge in [-0.05, 0) is 25.7 Å². The quantitative estimate of drug-likeness (QED) is 0.485. The number of fused-ring (bicyclic) bond motifs is 1. The van der Waals surface area contributed by atoms with E-state index < -0.39 is 0 Å². The van der Waals surface area contributed by atoms with Crippen molar-refractivity contribution < 1.29 is 0 Å². The highest BCUT2D eigenvalue weighted by Gasteiger charge is 2.27. The number of hydrogen-bond donors (Lipinski definition) is 1. The summed E-state index contributed by atoms with van der Waals surface area (Å²) >= 11 is 0. The summed E-state index contributed by atoms with van der Waals surface area (Å²) in [6.45, 7) is 1.86. The molecule has 2 N–H and O–H groups in total. The van der Waals surface area contributed by atoms with Crippen LogP contribution in [-0.4, -0.2) is 40.0 Å². The highest BCUT2D eigenvalue weighted by Crippen LogP contribution is 2.24. The number of aryl methyl sites for hydroxylation is 2. The Balaban J connectivity index is 0.00000147. The summed E-state index contributed by atoms with van der Waals surface area (Å²) < 4.78 is 2.29. The van der Waals surface area contributed by atoms with Gasteiger partial charge in [-0.3, -0.25) is 4.99 Å². The zero-order valence-corrected chi connectivity index (χ0v) is 14.4. The van der Waals surface area contributed by atoms with Crippen LogP contribution in [0.5, 0.6) is 0 Å². The molecule has 20 heavy (non-hydrogen) atoms. The van der Waals surface area contributed by atoms with Gasteiger partial charge in [-0.1, -0.05) is 0 Å². The maximum absolute atomic E-state index is 5.97. The van der Waals surface area contributed by atoms with Gasteiger partial charge in [0, 0.05) is 45.2 Å². The second kappa shape index (κ2) is 6.78. The van der Waals surface area contributed by atoms with E-state index in [-0.39, 0.29) is 24.0 Å². The second-order valence-corrected chi connectivity index (χ2v) is 5.63. The molecule has 0 amide bonds. The second-order valence-electron chi connectivity index (χ2n) is 5.63. The minimum Gasteiger partial charge on any atom is -0.370 e. The largest absolute Gasteiger partial charge is 0.370 e. The number of halogens is 1. The number of aliphatic imine (C=N–C) groups is 1. The molecule has 5 nitrogen and oxygen atoms in total. The van der Waals surface area contributed by atoms with E-state index in [1.54, 1.807) is 0 Å². The van der Waals surface area contributed by atoms with E-state index in [0.29, 0.717) is 12.0 Å². The number of hydrogen-bond acceptors (Lipinski definition) is 2. The van der Waals surface area contributed by atoms with Crippen molar-refractivity contribution in [1.82, 2.24) is 14.5 Å². The van der Waals surface area contributed by atoms with Crippen LogP contribution in [0.2, 0.25) is 0 Å². The molecular formula is C14H24IN5. The van der Waals surface area contributed by atoms with Crippen molar-refractivity contribution in [1.29, 1.82) is 0 Å². The Morgan fingerprint density at radius 3 is 3.00 bits per heavy atom. The molecule has 3 rings (SSSR count). The summed E-state index contributed by atoms with van der Waals surface area (Å²) in [6, 6.07) is 0.628. The van der Waals surface area contributed by atoms with Crippen LogP contribution in [0.4, 0.5) is 0 Å². The fourth-order valence-corrected chi connectivity index (χ4v) is 2.64. The van der Waals surface area contributed by atoms with Gasteiger partial charge in [0.05, 0.1) is 5.69 Å². The molecule has 1 aromatic rings. The molecule has 2 aliphatic rings. The summed E-state index contributed by atoms with van der Waals surface area (Å²) in [5, 5.41) is 0. The van der Waals surface area contributed by atoms with Crippen molar-refractivity contribution in [3.05, 3.63) is 17.7 Å². The molecular weight excluding hydrogens is 365 g/mol. The Bertz CT molecular complexity index is 454. The minimum atomic E-state index is 0. The maximum Gasteiger partial charge on any atom is 0.191 e. The molecule has 2 heterocycles. The Morgan fingerprint density at radius 2 is 2.30 bits per heavy atom. The zero-order chi connectivity index (χ0) is 13.2. The van der Waals surface area contributed by atoms with E-state index in [1.165, 1.54) is 31.5 Å². The number of aromatic nitrogens is 2. The van der Waals surface area contributed by atoms with E-state index in [1.807, 2.05) is 7.05 Å². The highest BCUT2D eigenvalue weighted by molar-refractivity contribution is 14.0. The summed E-state index contributed by atoms with van der Waals surface area (Å²) in [5.41, 5.74) is 7.13. The van der Waals surface area contributed by atoms with Crippen LogP contribution >= 0.6 is 24.0 Å². The molecule has 0 unspecified atom stereocenters. The lowest BCUT2D eigenvalue weighted by Crippen LogP contribution is -2.35. The first kappa shape index (κ1) is 15.6. The smallest absolute Gasteiger partial charge is 0.191 e. The first-order valence-electron chi connectivity index (χ1n) is 7.32. The third kappa shape index (κ3) is 3.65. The van der Waals surface area contributed by atoms with Gasteiger partial charge in [0.1, 0.15) is 5.82 Å². The van der Waals surface area contributed by atoms with Gasteiger partial charge in [0.15, 0.2) is 5.96 Å². The lowest BCUT2D eigenvalue weighted by molar-refractivity contribution is 0.487. The molecule has 0 radical (unpaired) electrons. The molecule has 0 spiro atoms. The van der Waals surface area contributed by atoms with Gasteiger partial charge in [0.2, 0.25) is 0 Å². The molecule has 0 atom stereocenters. The summed E-state index contributed by atoms with van der Waals surface area (Å²) in [7, 11) is 2.03. The molecule has 1 aliphatic heterocycles. The average Bonchev–Trinajstić information content (AvgIpc) is 3.17. The van der Waals surface area contributed by atoms with Crippen LogP contribution in [0, 0.1) is 0 Å². The lowest BCUT2D eigenvalue weighted by atomic mass is 10.2. The molecule has 0 aromatic carbocycles. The number of nitrogens with two attached hydrogens (primary N) is 1. The number of imidazole rings is 1. The Labute approximate surface area is 137 Å². The van der Waals surface area contributed by atoms with Crippen LogP contribution in [-0.2, 0) is 19.4 Å². The zero-order valence-electron chi connectivity index (χ0n) is 12.1. The number of rotatable bonds is 4. The van der Waals surface area contributed by atoms with E-state index >= 15 is 0 Å². The summed E-state index contributed by atoms with van der Waals surface area (Å²) in [5.74, 6) is 1.92. The highest BCUT2D eigenvalue weighted by atomic mass is 127. The van der Waals surface area contributed by atoms with E-state index in [4.69, 9.17) is 5.73 Å². The third-order valence-electron chi connectivity index (χ3n) is 4.06. The van der Waals surface area contributed by atoms with E-state index in [2.05, 4.69) is 25.6 Å². The van der Waals surface area contributed by atoms with Gasteiger partial charge < -0.3 is 15.2 Å². The van der Waals surface area contributed by atoms with Crippen LogP contribution < -0.4 is 5.73 Å². The van der Waals surface area contributed by atoms with Crippen molar-refractivity contribution in [2.75, 3.05) is 13.6 Å². The van der Waals surface area contributed by atoms with Crippen molar-refractivity contribution >= 4 is 29.9 Å².